The van der Waals surface area contributed by atoms with Gasteiger partial charge in [-0.1, -0.05) is 25.3 Å². The predicted octanol–water partition coefficient (Wildman–Crippen LogP) is 2.84. The van der Waals surface area contributed by atoms with E-state index in [1.165, 1.54) is 6.42 Å². The number of aliphatic hydroxyl groups excluding tert-OH is 1. The van der Waals surface area contributed by atoms with Crippen LogP contribution in [-0.4, -0.2) is 29.1 Å². The summed E-state index contributed by atoms with van der Waals surface area (Å²) < 4.78 is 0. The monoisotopic (exact) mass is 286 g/mol. The van der Waals surface area contributed by atoms with E-state index < -0.39 is 0 Å². The Morgan fingerprint density at radius 3 is 2.81 bits per heavy atom. The summed E-state index contributed by atoms with van der Waals surface area (Å²) in [6.45, 7) is 0.716. The molecule has 1 heterocycles. The number of aromatic nitrogens is 1. The van der Waals surface area contributed by atoms with Crippen LogP contribution in [0.5, 0.6) is 0 Å². The van der Waals surface area contributed by atoms with Crippen LogP contribution in [0.25, 0.3) is 10.9 Å². The van der Waals surface area contributed by atoms with Crippen LogP contribution < -0.4 is 5.32 Å². The van der Waals surface area contributed by atoms with Crippen molar-refractivity contribution in [3.63, 3.8) is 0 Å². The van der Waals surface area contributed by atoms with E-state index >= 15 is 0 Å². The zero-order chi connectivity index (χ0) is 14.7. The molecule has 0 saturated heterocycles. The topological polar surface area (TPSA) is 65.1 Å². The van der Waals surface area contributed by atoms with E-state index in [0.717, 1.165) is 36.6 Å². The molecule has 1 amide bonds. The van der Waals surface area contributed by atoms with Crippen molar-refractivity contribution in [1.29, 1.82) is 0 Å². The van der Waals surface area contributed by atoms with E-state index in [0.29, 0.717) is 12.1 Å². The molecule has 0 atom stereocenters. The third kappa shape index (κ3) is 2.95. The molecule has 1 aliphatic carbocycles. The third-order valence-corrected chi connectivity index (χ3v) is 4.69. The van der Waals surface area contributed by atoms with E-state index in [9.17, 15) is 9.90 Å². The van der Waals surface area contributed by atoms with Crippen LogP contribution in [0, 0.1) is 5.41 Å². The number of hydrogen-bond acceptors (Lipinski definition) is 2. The molecule has 112 valence electrons. The molecule has 1 aliphatic rings. The maximum absolute atomic E-state index is 12.3. The molecule has 3 rings (SSSR count). The summed E-state index contributed by atoms with van der Waals surface area (Å²) in [5.41, 5.74) is 1.51. The Morgan fingerprint density at radius 1 is 1.24 bits per heavy atom. The van der Waals surface area contributed by atoms with Crippen molar-refractivity contribution in [2.75, 3.05) is 13.2 Å². The zero-order valence-electron chi connectivity index (χ0n) is 12.2. The molecular weight excluding hydrogens is 264 g/mol. The molecule has 4 heteroatoms. The summed E-state index contributed by atoms with van der Waals surface area (Å²) >= 11 is 0. The number of benzene rings is 1. The molecule has 0 radical (unpaired) electrons. The summed E-state index contributed by atoms with van der Waals surface area (Å²) in [5.74, 6) is -0.0649. The molecule has 3 N–H and O–H groups in total. The molecule has 2 aromatic rings. The lowest BCUT2D eigenvalue weighted by Gasteiger charge is -2.35. The Balaban J connectivity index is 1.67. The first-order valence-electron chi connectivity index (χ1n) is 7.69. The number of aromatic amines is 1. The standard InChI is InChI=1S/C17H22N2O2/c20-12-17(7-2-1-3-8-17)11-19-16(21)14-5-4-13-6-9-18-15(13)10-14/h4-6,9-10,18,20H,1-3,7-8,11-12H2,(H,19,21). The lowest BCUT2D eigenvalue weighted by molar-refractivity contribution is 0.0718. The minimum atomic E-state index is -0.121. The number of H-pyrrole nitrogens is 1. The highest BCUT2D eigenvalue weighted by atomic mass is 16.3. The summed E-state index contributed by atoms with van der Waals surface area (Å²) in [6.07, 6.45) is 7.39. The van der Waals surface area contributed by atoms with Crippen molar-refractivity contribution in [1.82, 2.24) is 10.3 Å². The molecule has 0 bridgehead atoms. The molecule has 1 aromatic heterocycles. The maximum Gasteiger partial charge on any atom is 0.251 e. The molecule has 21 heavy (non-hydrogen) atoms. The number of rotatable bonds is 4. The van der Waals surface area contributed by atoms with Crippen molar-refractivity contribution in [2.45, 2.75) is 32.1 Å². The van der Waals surface area contributed by atoms with Crippen molar-refractivity contribution in [3.8, 4) is 0 Å². The van der Waals surface area contributed by atoms with Gasteiger partial charge in [-0.15, -0.1) is 0 Å². The number of carbonyl (C=O) groups is 1. The Morgan fingerprint density at radius 2 is 2.05 bits per heavy atom. The van der Waals surface area contributed by atoms with Crippen molar-refractivity contribution in [3.05, 3.63) is 36.0 Å². The van der Waals surface area contributed by atoms with Gasteiger partial charge in [0.2, 0.25) is 0 Å². The third-order valence-electron chi connectivity index (χ3n) is 4.69. The predicted molar refractivity (Wildman–Crippen MR) is 83.2 cm³/mol. The first-order valence-corrected chi connectivity index (χ1v) is 7.69. The Hall–Kier alpha value is -1.81. The quantitative estimate of drug-likeness (QED) is 0.809. The fourth-order valence-corrected chi connectivity index (χ4v) is 3.25. The van der Waals surface area contributed by atoms with Crippen LogP contribution in [0.15, 0.2) is 30.5 Å². The van der Waals surface area contributed by atoms with E-state index in [1.807, 2.05) is 30.5 Å². The summed E-state index contributed by atoms with van der Waals surface area (Å²) in [5, 5.41) is 13.8. The second-order valence-corrected chi connectivity index (χ2v) is 6.18. The van der Waals surface area contributed by atoms with E-state index in [-0.39, 0.29) is 17.9 Å². The first-order chi connectivity index (χ1) is 10.2. The fraction of sp³-hybridized carbons (Fsp3) is 0.471. The number of fused-ring (bicyclic) bond motifs is 1. The molecule has 1 saturated carbocycles. The number of amides is 1. The van der Waals surface area contributed by atoms with E-state index in [4.69, 9.17) is 0 Å². The van der Waals surface area contributed by atoms with Gasteiger partial charge in [-0.05, 0) is 36.4 Å². The van der Waals surface area contributed by atoms with Gasteiger partial charge in [-0.3, -0.25) is 4.79 Å². The van der Waals surface area contributed by atoms with Crippen LogP contribution in [0.3, 0.4) is 0 Å². The second-order valence-electron chi connectivity index (χ2n) is 6.18. The van der Waals surface area contributed by atoms with Crippen LogP contribution in [0.4, 0.5) is 0 Å². The summed E-state index contributed by atoms with van der Waals surface area (Å²) in [7, 11) is 0. The number of carbonyl (C=O) groups excluding carboxylic acids is 1. The lowest BCUT2D eigenvalue weighted by atomic mass is 9.74. The number of aliphatic hydroxyl groups is 1. The highest BCUT2D eigenvalue weighted by molar-refractivity contribution is 5.97. The van der Waals surface area contributed by atoms with Crippen LogP contribution in [-0.2, 0) is 0 Å². The summed E-state index contributed by atoms with van der Waals surface area (Å²) in [4.78, 5) is 15.4. The van der Waals surface area contributed by atoms with E-state index in [1.54, 1.807) is 0 Å². The smallest absolute Gasteiger partial charge is 0.251 e. The first kappa shape index (κ1) is 14.1. The zero-order valence-corrected chi connectivity index (χ0v) is 12.2. The van der Waals surface area contributed by atoms with Crippen molar-refractivity contribution < 1.29 is 9.90 Å². The van der Waals surface area contributed by atoms with Gasteiger partial charge in [0.25, 0.3) is 5.91 Å². The van der Waals surface area contributed by atoms with Crippen LogP contribution in [0.2, 0.25) is 0 Å². The number of hydrogen-bond donors (Lipinski definition) is 3. The second kappa shape index (κ2) is 5.90. The maximum atomic E-state index is 12.3. The Kier molecular flexibility index (Phi) is 3.97. The van der Waals surface area contributed by atoms with Crippen molar-refractivity contribution in [2.24, 2.45) is 5.41 Å². The van der Waals surface area contributed by atoms with Gasteiger partial charge >= 0.3 is 0 Å². The molecular formula is C17H22N2O2. The lowest BCUT2D eigenvalue weighted by Crippen LogP contribution is -2.41. The van der Waals surface area contributed by atoms with Crippen LogP contribution >= 0.6 is 0 Å². The largest absolute Gasteiger partial charge is 0.396 e. The fourth-order valence-electron chi connectivity index (χ4n) is 3.25. The normalized spacial score (nSPS) is 17.8. The van der Waals surface area contributed by atoms with Crippen molar-refractivity contribution >= 4 is 16.8 Å². The van der Waals surface area contributed by atoms with Gasteiger partial charge in [-0.25, -0.2) is 0 Å². The molecule has 1 fully saturated rings. The van der Waals surface area contributed by atoms with Gasteiger partial charge in [0.05, 0.1) is 6.61 Å². The molecule has 0 unspecified atom stereocenters. The molecule has 1 aromatic carbocycles. The minimum Gasteiger partial charge on any atom is -0.396 e. The Bertz CT molecular complexity index is 627. The van der Waals surface area contributed by atoms with Gasteiger partial charge in [0.15, 0.2) is 0 Å². The molecule has 4 nitrogen and oxygen atoms in total. The molecule has 0 aliphatic heterocycles. The highest BCUT2D eigenvalue weighted by Gasteiger charge is 2.31. The van der Waals surface area contributed by atoms with E-state index in [2.05, 4.69) is 10.3 Å². The SMILES string of the molecule is O=C(NCC1(CO)CCCCC1)c1ccc2cc[nH]c2c1. The van der Waals surface area contributed by atoms with Crippen LogP contribution in [0.1, 0.15) is 42.5 Å². The Labute approximate surface area is 124 Å². The minimum absolute atomic E-state index is 0.0649. The van der Waals surface area contributed by atoms with Gasteiger partial charge in [0.1, 0.15) is 0 Å². The highest BCUT2D eigenvalue weighted by Crippen LogP contribution is 2.35. The average molecular weight is 286 g/mol. The molecule has 0 spiro atoms. The average Bonchev–Trinajstić information content (AvgIpc) is 3.01. The van der Waals surface area contributed by atoms with Gasteiger partial charge < -0.3 is 15.4 Å². The van der Waals surface area contributed by atoms with Gasteiger partial charge in [0, 0.05) is 29.2 Å². The van der Waals surface area contributed by atoms with Gasteiger partial charge in [-0.2, -0.15) is 0 Å². The summed E-state index contributed by atoms with van der Waals surface area (Å²) in [6, 6.07) is 7.65. The number of nitrogens with one attached hydrogen (secondary N) is 2.